The molecule has 0 saturated heterocycles. The van der Waals surface area contributed by atoms with E-state index in [1.165, 1.54) is 6.08 Å². The zero-order valence-corrected chi connectivity index (χ0v) is 32.5. The van der Waals surface area contributed by atoms with E-state index in [4.69, 9.17) is 5.73 Å². The average molecular weight is 794 g/mol. The Morgan fingerprint density at radius 1 is 0.897 bits per heavy atom. The molecule has 0 spiro atoms. The third-order valence-corrected chi connectivity index (χ3v) is 10.1. The molecule has 5 amide bonds. The Balaban J connectivity index is 1.26. The number of nitrogens with zero attached hydrogens (tertiary/aromatic N) is 2. The highest BCUT2D eigenvalue weighted by molar-refractivity contribution is 5.99. The summed E-state index contributed by atoms with van der Waals surface area (Å²) in [6.07, 6.45) is 10.1. The van der Waals surface area contributed by atoms with Gasteiger partial charge in [0.1, 0.15) is 17.6 Å². The SMILES string of the molecule is Cc1cccc2[nH]c(Nc3ccc(C(=O)N[C@@H](CCCCNC(=O)/C=C/c4cccnc4)C(=O)N[C@@H](CCCC(=O)O)C(=O)NC4(C(N)=O)CCCCC4)cc3)nc12. The minimum Gasteiger partial charge on any atom is -0.481 e. The maximum absolute atomic E-state index is 14.0. The second-order valence-electron chi connectivity index (χ2n) is 14.5. The number of primary amides is 1. The second-order valence-corrected chi connectivity index (χ2v) is 14.5. The number of aromatic nitrogens is 3. The molecule has 1 aliphatic rings. The van der Waals surface area contributed by atoms with E-state index in [0.29, 0.717) is 56.7 Å². The number of nitrogens with two attached hydrogens (primary N) is 1. The van der Waals surface area contributed by atoms with Crippen LogP contribution in [-0.4, -0.2) is 79.7 Å². The van der Waals surface area contributed by atoms with Crippen LogP contribution in [0.5, 0.6) is 0 Å². The number of anilines is 2. The maximum Gasteiger partial charge on any atom is 0.303 e. The molecule has 0 radical (unpaired) electrons. The predicted molar refractivity (Wildman–Crippen MR) is 219 cm³/mol. The molecule has 306 valence electrons. The molecule has 16 nitrogen and oxygen atoms in total. The number of unbranched alkanes of at least 4 members (excludes halogenated alkanes) is 1. The first-order valence-corrected chi connectivity index (χ1v) is 19.6. The number of imidazole rings is 1. The molecule has 2 aromatic heterocycles. The molecule has 1 saturated carbocycles. The minimum atomic E-state index is -1.28. The van der Waals surface area contributed by atoms with Crippen molar-refractivity contribution in [2.45, 2.75) is 95.2 Å². The lowest BCUT2D eigenvalue weighted by Crippen LogP contribution is -2.62. The fourth-order valence-corrected chi connectivity index (χ4v) is 6.89. The molecule has 0 unspecified atom stereocenters. The zero-order chi connectivity index (χ0) is 41.5. The lowest BCUT2D eigenvalue weighted by atomic mass is 9.80. The van der Waals surface area contributed by atoms with Crippen LogP contribution in [0, 0.1) is 6.92 Å². The number of fused-ring (bicyclic) bond motifs is 1. The summed E-state index contributed by atoms with van der Waals surface area (Å²) in [5.41, 5.74) is 8.93. The molecule has 16 heteroatoms. The maximum atomic E-state index is 14.0. The number of carboxylic acid groups (broad SMARTS) is 1. The van der Waals surface area contributed by atoms with Gasteiger partial charge in [0.25, 0.3) is 5.91 Å². The van der Waals surface area contributed by atoms with Gasteiger partial charge in [-0.15, -0.1) is 0 Å². The van der Waals surface area contributed by atoms with Crippen molar-refractivity contribution in [3.8, 4) is 0 Å². The van der Waals surface area contributed by atoms with Gasteiger partial charge in [-0.3, -0.25) is 33.8 Å². The fourth-order valence-electron chi connectivity index (χ4n) is 6.89. The molecular formula is C42H51N9O7. The van der Waals surface area contributed by atoms with Crippen molar-refractivity contribution in [2.24, 2.45) is 5.73 Å². The Hall–Kier alpha value is -6.58. The lowest BCUT2D eigenvalue weighted by molar-refractivity contribution is -0.137. The van der Waals surface area contributed by atoms with Gasteiger partial charge in [-0.1, -0.05) is 37.5 Å². The number of aliphatic carboxylic acids is 1. The molecule has 2 heterocycles. The summed E-state index contributed by atoms with van der Waals surface area (Å²) < 4.78 is 0. The van der Waals surface area contributed by atoms with Crippen LogP contribution in [-0.2, 0) is 24.0 Å². The number of benzene rings is 2. The first-order chi connectivity index (χ1) is 27.9. The van der Waals surface area contributed by atoms with E-state index in [0.717, 1.165) is 28.6 Å². The number of amides is 5. The topological polar surface area (TPSA) is 250 Å². The monoisotopic (exact) mass is 793 g/mol. The Bertz CT molecular complexity index is 2090. The lowest BCUT2D eigenvalue weighted by Gasteiger charge is -2.36. The number of H-pyrrole nitrogens is 1. The summed E-state index contributed by atoms with van der Waals surface area (Å²) in [7, 11) is 0. The molecule has 1 aliphatic carbocycles. The number of aryl methyl sites for hydroxylation is 1. The van der Waals surface area contributed by atoms with Crippen molar-refractivity contribution < 1.29 is 33.9 Å². The van der Waals surface area contributed by atoms with Crippen LogP contribution in [0.3, 0.4) is 0 Å². The number of rotatable bonds is 20. The fraction of sp³-hybridized carbons (Fsp3) is 0.381. The minimum absolute atomic E-state index is 0.0305. The van der Waals surface area contributed by atoms with Crippen LogP contribution in [0.15, 0.2) is 73.1 Å². The van der Waals surface area contributed by atoms with Gasteiger partial charge >= 0.3 is 5.97 Å². The average Bonchev–Trinajstić information content (AvgIpc) is 3.63. The molecule has 2 atom stereocenters. The number of carboxylic acids is 1. The smallest absolute Gasteiger partial charge is 0.303 e. The van der Waals surface area contributed by atoms with Gasteiger partial charge < -0.3 is 42.4 Å². The van der Waals surface area contributed by atoms with E-state index in [-0.39, 0.29) is 37.2 Å². The normalized spacial score (nSPS) is 14.6. The van der Waals surface area contributed by atoms with Gasteiger partial charge in [-0.05, 0) is 105 Å². The van der Waals surface area contributed by atoms with Crippen molar-refractivity contribution >= 4 is 64.3 Å². The first-order valence-electron chi connectivity index (χ1n) is 19.6. The van der Waals surface area contributed by atoms with Crippen LogP contribution in [0.2, 0.25) is 0 Å². The summed E-state index contributed by atoms with van der Waals surface area (Å²) in [6, 6.07) is 13.7. The number of carbonyl (C=O) groups is 6. The van der Waals surface area contributed by atoms with Gasteiger partial charge in [-0.2, -0.15) is 0 Å². The molecule has 0 bridgehead atoms. The van der Waals surface area contributed by atoms with E-state index in [1.807, 2.05) is 31.2 Å². The van der Waals surface area contributed by atoms with Crippen molar-refractivity contribution in [1.29, 1.82) is 0 Å². The summed E-state index contributed by atoms with van der Waals surface area (Å²) >= 11 is 0. The van der Waals surface area contributed by atoms with E-state index in [2.05, 4.69) is 41.5 Å². The number of hydrogen-bond acceptors (Lipinski definition) is 9. The number of hydrogen-bond donors (Lipinski definition) is 8. The van der Waals surface area contributed by atoms with E-state index in [9.17, 15) is 33.9 Å². The highest BCUT2D eigenvalue weighted by Gasteiger charge is 2.41. The van der Waals surface area contributed by atoms with Crippen molar-refractivity contribution in [1.82, 2.24) is 36.2 Å². The number of nitrogens with one attached hydrogen (secondary N) is 6. The zero-order valence-electron chi connectivity index (χ0n) is 32.5. The largest absolute Gasteiger partial charge is 0.481 e. The molecule has 58 heavy (non-hydrogen) atoms. The summed E-state index contributed by atoms with van der Waals surface area (Å²) in [5, 5.41) is 23.6. The number of pyridine rings is 1. The van der Waals surface area contributed by atoms with Gasteiger partial charge in [0.05, 0.1) is 11.0 Å². The van der Waals surface area contributed by atoms with Crippen molar-refractivity contribution in [3.63, 3.8) is 0 Å². The van der Waals surface area contributed by atoms with Crippen LogP contribution in [0.1, 0.15) is 92.1 Å². The third-order valence-electron chi connectivity index (χ3n) is 10.1. The summed E-state index contributed by atoms with van der Waals surface area (Å²) in [4.78, 5) is 89.4. The number of aromatic amines is 1. The third kappa shape index (κ3) is 12.2. The van der Waals surface area contributed by atoms with Gasteiger partial charge in [-0.25, -0.2) is 4.98 Å². The van der Waals surface area contributed by atoms with Gasteiger partial charge in [0, 0.05) is 42.7 Å². The predicted octanol–water partition coefficient (Wildman–Crippen LogP) is 4.15. The van der Waals surface area contributed by atoms with E-state index in [1.54, 1.807) is 48.8 Å². The standard InChI is InChI=1S/C42H51N9O7/c1-27-10-7-13-31-36(27)50-41(49-31)46-30-19-17-29(18-20-30)37(55)47-32(12-3-6-25-45-34(52)21-16-28-11-9-24-44-26-28)38(56)48-33(14-8-15-35(53)54)39(57)51-42(40(43)58)22-4-2-5-23-42/h7,9-11,13,16-21,24,26,32-33H,2-6,8,12,14-15,22-23,25H2,1H3,(H2,43,58)(H,45,52)(H,47,55)(H,48,56)(H,51,57)(H,53,54)(H2,46,49,50)/b21-16+/t32-,33-/m0/s1. The van der Waals surface area contributed by atoms with Gasteiger partial charge in [0.2, 0.25) is 29.6 Å². The van der Waals surface area contributed by atoms with Crippen molar-refractivity contribution in [2.75, 3.05) is 11.9 Å². The summed E-state index contributed by atoms with van der Waals surface area (Å²) in [5.74, 6) is -3.37. The first kappa shape index (κ1) is 42.6. The highest BCUT2D eigenvalue weighted by atomic mass is 16.4. The quantitative estimate of drug-likeness (QED) is 0.0469. The highest BCUT2D eigenvalue weighted by Crippen LogP contribution is 2.28. The molecule has 5 rings (SSSR count). The number of para-hydroxylation sites is 1. The Labute approximate surface area is 336 Å². The summed E-state index contributed by atoms with van der Waals surface area (Å²) in [6.45, 7) is 2.27. The molecule has 1 fully saturated rings. The van der Waals surface area contributed by atoms with E-state index >= 15 is 0 Å². The van der Waals surface area contributed by atoms with Crippen LogP contribution < -0.4 is 32.3 Å². The van der Waals surface area contributed by atoms with E-state index < -0.39 is 47.2 Å². The molecule has 9 N–H and O–H groups in total. The number of carbonyl (C=O) groups excluding carboxylic acids is 5. The molecular weight excluding hydrogens is 743 g/mol. The molecule has 0 aliphatic heterocycles. The second kappa shape index (κ2) is 20.5. The van der Waals surface area contributed by atoms with Crippen LogP contribution in [0.4, 0.5) is 11.6 Å². The Morgan fingerprint density at radius 3 is 2.33 bits per heavy atom. The van der Waals surface area contributed by atoms with Crippen LogP contribution >= 0.6 is 0 Å². The Kier molecular flexibility index (Phi) is 15.1. The molecule has 4 aromatic rings. The van der Waals surface area contributed by atoms with Crippen LogP contribution in [0.25, 0.3) is 17.1 Å². The van der Waals surface area contributed by atoms with Gasteiger partial charge in [0.15, 0.2) is 0 Å². The Morgan fingerprint density at radius 2 is 1.64 bits per heavy atom. The van der Waals surface area contributed by atoms with Crippen molar-refractivity contribution in [3.05, 3.63) is 89.8 Å². The molecule has 2 aromatic carbocycles.